The number of esters is 1. The predicted molar refractivity (Wildman–Crippen MR) is 154 cm³/mol. The van der Waals surface area contributed by atoms with Crippen LogP contribution >= 0.6 is 15.9 Å². The van der Waals surface area contributed by atoms with Gasteiger partial charge in [0.05, 0.1) is 34.3 Å². The van der Waals surface area contributed by atoms with E-state index in [1.807, 2.05) is 12.1 Å². The molecule has 2 unspecified atom stereocenters. The molecule has 3 aromatic carbocycles. The summed E-state index contributed by atoms with van der Waals surface area (Å²) >= 11 is 3.45. The maximum Gasteiger partial charge on any atom is 0.339 e. The molecule has 6 rings (SSSR count). The number of benzene rings is 3. The largest absolute Gasteiger partial charge is 0.454 e. The van der Waals surface area contributed by atoms with Crippen LogP contribution in [0.25, 0.3) is 22.2 Å². The van der Waals surface area contributed by atoms with Gasteiger partial charge in [-0.2, -0.15) is 0 Å². The van der Waals surface area contributed by atoms with Gasteiger partial charge in [-0.05, 0) is 49.2 Å². The van der Waals surface area contributed by atoms with Crippen LogP contribution in [-0.4, -0.2) is 35.2 Å². The number of carbonyl (C=O) groups excluding carboxylic acids is 4. The van der Waals surface area contributed by atoms with E-state index in [2.05, 4.69) is 15.9 Å². The molecule has 2 amide bonds. The smallest absolute Gasteiger partial charge is 0.339 e. The molecule has 4 aromatic rings. The number of hydrogen-bond donors (Lipinski definition) is 0. The third kappa shape index (κ3) is 4.84. The molecule has 2 fully saturated rings. The summed E-state index contributed by atoms with van der Waals surface area (Å²) < 4.78 is 6.20. The van der Waals surface area contributed by atoms with E-state index in [1.165, 1.54) is 4.90 Å². The van der Waals surface area contributed by atoms with E-state index in [9.17, 15) is 19.2 Å². The Kier molecular flexibility index (Phi) is 7.02. The average Bonchev–Trinajstić information content (AvgIpc) is 3.25. The Morgan fingerprint density at radius 1 is 0.875 bits per heavy atom. The summed E-state index contributed by atoms with van der Waals surface area (Å²) in [6, 6.07) is 22.8. The van der Waals surface area contributed by atoms with Gasteiger partial charge in [0.25, 0.3) is 0 Å². The maximum atomic E-state index is 13.2. The number of ketones is 1. The normalized spacial score (nSPS) is 18.6. The minimum Gasteiger partial charge on any atom is -0.454 e. The fraction of sp³-hybridized carbons (Fsp3) is 0.219. The van der Waals surface area contributed by atoms with Crippen molar-refractivity contribution in [1.82, 2.24) is 4.98 Å². The van der Waals surface area contributed by atoms with Crippen LogP contribution in [0.4, 0.5) is 5.69 Å². The van der Waals surface area contributed by atoms with Crippen LogP contribution in [-0.2, 0) is 14.3 Å². The van der Waals surface area contributed by atoms with Gasteiger partial charge in [-0.3, -0.25) is 19.3 Å². The van der Waals surface area contributed by atoms with Crippen molar-refractivity contribution in [1.29, 1.82) is 0 Å². The number of pyridine rings is 1. The fourth-order valence-corrected chi connectivity index (χ4v) is 5.99. The van der Waals surface area contributed by atoms with Gasteiger partial charge >= 0.3 is 5.97 Å². The van der Waals surface area contributed by atoms with Crippen LogP contribution < -0.4 is 4.90 Å². The van der Waals surface area contributed by atoms with Crippen LogP contribution in [0.5, 0.6) is 0 Å². The van der Waals surface area contributed by atoms with E-state index >= 15 is 0 Å². The monoisotopic (exact) mass is 596 g/mol. The number of imide groups is 1. The molecule has 2 aliphatic rings. The molecule has 1 aromatic heterocycles. The standard InChI is InChI=1S/C32H25BrN2O5/c33-21-12-15-27-25(16-21)26(32(39)40-18-29(36)20-6-2-1-3-7-20)17-28(34-27)19-10-13-22(14-11-19)35-30(37)23-8-4-5-9-24(23)31(35)38/h1-3,6-7,10-17,23-24H,4-5,8-9,18H2. The highest BCUT2D eigenvalue weighted by atomic mass is 79.9. The zero-order valence-electron chi connectivity index (χ0n) is 21.5. The van der Waals surface area contributed by atoms with Crippen molar-refractivity contribution in [3.63, 3.8) is 0 Å². The van der Waals surface area contributed by atoms with Gasteiger partial charge < -0.3 is 4.74 Å². The lowest BCUT2D eigenvalue weighted by Crippen LogP contribution is -2.30. The molecule has 40 heavy (non-hydrogen) atoms. The van der Waals surface area contributed by atoms with Gasteiger partial charge in [0.1, 0.15) is 0 Å². The molecule has 1 aliphatic carbocycles. The first-order valence-corrected chi connectivity index (χ1v) is 14.0. The second-order valence-corrected chi connectivity index (χ2v) is 11.1. The second-order valence-electron chi connectivity index (χ2n) is 10.1. The summed E-state index contributed by atoms with van der Waals surface area (Å²) in [6.07, 6.45) is 3.47. The molecule has 0 radical (unpaired) electrons. The molecule has 200 valence electrons. The highest BCUT2D eigenvalue weighted by Crippen LogP contribution is 2.40. The maximum absolute atomic E-state index is 13.2. The van der Waals surface area contributed by atoms with Gasteiger partial charge in [0.2, 0.25) is 11.8 Å². The zero-order valence-corrected chi connectivity index (χ0v) is 23.1. The number of rotatable bonds is 6. The molecule has 0 N–H and O–H groups in total. The number of amides is 2. The fourth-order valence-electron chi connectivity index (χ4n) is 5.63. The van der Waals surface area contributed by atoms with Gasteiger partial charge in [-0.15, -0.1) is 0 Å². The number of fused-ring (bicyclic) bond motifs is 2. The summed E-state index contributed by atoms with van der Waals surface area (Å²) in [4.78, 5) is 57.8. The number of halogens is 1. The summed E-state index contributed by atoms with van der Waals surface area (Å²) in [5.41, 5.74) is 3.10. The van der Waals surface area contributed by atoms with Crippen molar-refractivity contribution in [3.8, 4) is 11.3 Å². The third-order valence-electron chi connectivity index (χ3n) is 7.68. The Balaban J connectivity index is 1.29. The summed E-state index contributed by atoms with van der Waals surface area (Å²) in [5, 5.41) is 0.586. The Hall–Kier alpha value is -4.17. The molecule has 7 nitrogen and oxygen atoms in total. The Morgan fingerprint density at radius 3 is 2.23 bits per heavy atom. The van der Waals surface area contributed by atoms with Gasteiger partial charge in [-0.1, -0.05) is 71.2 Å². The average molecular weight is 597 g/mol. The number of nitrogens with zero attached hydrogens (tertiary/aromatic N) is 2. The quantitative estimate of drug-likeness (QED) is 0.145. The van der Waals surface area contributed by atoms with E-state index in [1.54, 1.807) is 66.7 Å². The first kappa shape index (κ1) is 26.1. The van der Waals surface area contributed by atoms with Crippen molar-refractivity contribution in [2.45, 2.75) is 25.7 Å². The lowest BCUT2D eigenvalue weighted by atomic mass is 9.81. The van der Waals surface area contributed by atoms with Gasteiger partial charge in [0, 0.05) is 21.0 Å². The minimum absolute atomic E-state index is 0.119. The summed E-state index contributed by atoms with van der Waals surface area (Å²) in [5.74, 6) is -1.60. The van der Waals surface area contributed by atoms with Crippen molar-refractivity contribution in [3.05, 3.63) is 94.5 Å². The highest BCUT2D eigenvalue weighted by Gasteiger charge is 2.48. The Morgan fingerprint density at radius 2 is 1.55 bits per heavy atom. The summed E-state index contributed by atoms with van der Waals surface area (Å²) in [6.45, 7) is -0.384. The lowest BCUT2D eigenvalue weighted by Gasteiger charge is -2.19. The first-order chi connectivity index (χ1) is 19.4. The number of hydrogen-bond acceptors (Lipinski definition) is 6. The zero-order chi connectivity index (χ0) is 27.8. The van der Waals surface area contributed by atoms with E-state index in [0.717, 1.165) is 30.2 Å². The van der Waals surface area contributed by atoms with Crippen molar-refractivity contribution >= 4 is 56.1 Å². The predicted octanol–water partition coefficient (Wildman–Crippen LogP) is 6.38. The van der Waals surface area contributed by atoms with Crippen molar-refractivity contribution in [2.24, 2.45) is 11.8 Å². The minimum atomic E-state index is -0.636. The van der Waals surface area contributed by atoms with E-state index in [-0.39, 0.29) is 41.6 Å². The van der Waals surface area contributed by atoms with Crippen LogP contribution in [0, 0.1) is 11.8 Å². The molecule has 0 spiro atoms. The topological polar surface area (TPSA) is 93.6 Å². The molecular weight excluding hydrogens is 572 g/mol. The number of Topliss-reactive ketones (excluding diaryl/α,β-unsaturated/α-hetero) is 1. The number of carbonyl (C=O) groups is 4. The molecule has 2 heterocycles. The molecule has 8 heteroatoms. The number of anilines is 1. The van der Waals surface area contributed by atoms with Gasteiger partial charge in [0.15, 0.2) is 12.4 Å². The number of ether oxygens (including phenoxy) is 1. The van der Waals surface area contributed by atoms with E-state index in [4.69, 9.17) is 9.72 Å². The summed E-state index contributed by atoms with van der Waals surface area (Å²) in [7, 11) is 0. The molecule has 0 bridgehead atoms. The molecule has 1 saturated carbocycles. The van der Waals surface area contributed by atoms with E-state index in [0.29, 0.717) is 33.4 Å². The van der Waals surface area contributed by atoms with Crippen LogP contribution in [0.2, 0.25) is 0 Å². The van der Waals surface area contributed by atoms with Crippen LogP contribution in [0.1, 0.15) is 46.4 Å². The van der Waals surface area contributed by atoms with Gasteiger partial charge in [-0.25, -0.2) is 9.78 Å². The third-order valence-corrected chi connectivity index (χ3v) is 8.18. The highest BCUT2D eigenvalue weighted by molar-refractivity contribution is 9.10. The molecule has 1 saturated heterocycles. The second kappa shape index (κ2) is 10.8. The molecule has 2 atom stereocenters. The van der Waals surface area contributed by atoms with Crippen molar-refractivity contribution in [2.75, 3.05) is 11.5 Å². The van der Waals surface area contributed by atoms with Crippen LogP contribution in [0.15, 0.2) is 83.3 Å². The number of aromatic nitrogens is 1. The van der Waals surface area contributed by atoms with Crippen LogP contribution in [0.3, 0.4) is 0 Å². The lowest BCUT2D eigenvalue weighted by molar-refractivity contribution is -0.122. The first-order valence-electron chi connectivity index (χ1n) is 13.2. The Labute approximate surface area is 239 Å². The van der Waals surface area contributed by atoms with Crippen molar-refractivity contribution < 1.29 is 23.9 Å². The van der Waals surface area contributed by atoms with E-state index < -0.39 is 5.97 Å². The molecule has 1 aliphatic heterocycles. The molecular formula is C32H25BrN2O5. The SMILES string of the molecule is O=C(COC(=O)c1cc(-c2ccc(N3C(=O)C4CCCCC4C3=O)cc2)nc2ccc(Br)cc12)c1ccccc1. The Bertz CT molecular complexity index is 1630.